The molecule has 0 saturated heterocycles. The molecule has 0 bridgehead atoms. The zero-order chi connectivity index (χ0) is 17.4. The first-order valence-corrected chi connectivity index (χ1v) is 9.29. The topological polar surface area (TPSA) is 49.3 Å². The van der Waals surface area contributed by atoms with E-state index in [0.29, 0.717) is 0 Å². The number of rotatable bonds is 8. The number of thioether (sulfide) groups is 1. The van der Waals surface area contributed by atoms with Crippen molar-refractivity contribution in [2.45, 2.75) is 31.0 Å². The van der Waals surface area contributed by atoms with Gasteiger partial charge in [0.25, 0.3) is 0 Å². The quantitative estimate of drug-likeness (QED) is 0.766. The van der Waals surface area contributed by atoms with Gasteiger partial charge in [0.15, 0.2) is 0 Å². The van der Waals surface area contributed by atoms with Gasteiger partial charge in [-0.2, -0.15) is 0 Å². The summed E-state index contributed by atoms with van der Waals surface area (Å²) in [6.07, 6.45) is -0.679. The zero-order valence-corrected chi connectivity index (χ0v) is 15.0. The number of benzene rings is 2. The molecular weight excluding hydrogens is 318 g/mol. The highest BCUT2D eigenvalue weighted by Crippen LogP contribution is 2.24. The van der Waals surface area contributed by atoms with E-state index in [1.54, 1.807) is 11.8 Å². The largest absolute Gasteiger partial charge is 0.387 e. The summed E-state index contributed by atoms with van der Waals surface area (Å²) < 4.78 is 0. The minimum atomic E-state index is -0.679. The maximum absolute atomic E-state index is 12.5. The first-order valence-electron chi connectivity index (χ1n) is 8.24. The van der Waals surface area contributed by atoms with Crippen molar-refractivity contribution in [3.05, 3.63) is 71.8 Å². The number of aliphatic hydroxyl groups excluding tert-OH is 1. The second kappa shape index (κ2) is 9.50. The Kier molecular flexibility index (Phi) is 7.35. The Morgan fingerprint density at radius 1 is 1.04 bits per heavy atom. The van der Waals surface area contributed by atoms with Crippen molar-refractivity contribution in [2.24, 2.45) is 5.92 Å². The minimum Gasteiger partial charge on any atom is -0.387 e. The van der Waals surface area contributed by atoms with Crippen molar-refractivity contribution < 1.29 is 9.90 Å². The van der Waals surface area contributed by atoms with Crippen molar-refractivity contribution in [1.29, 1.82) is 0 Å². The number of carbonyl (C=O) groups is 1. The lowest BCUT2D eigenvalue weighted by Gasteiger charge is -2.21. The van der Waals surface area contributed by atoms with Crippen LogP contribution < -0.4 is 5.32 Å². The molecule has 1 amide bonds. The van der Waals surface area contributed by atoms with Gasteiger partial charge in [0.2, 0.25) is 5.91 Å². The first-order chi connectivity index (χ1) is 11.6. The number of aliphatic hydroxyl groups is 1. The van der Waals surface area contributed by atoms with Crippen molar-refractivity contribution in [3.63, 3.8) is 0 Å². The van der Waals surface area contributed by atoms with Crippen LogP contribution in [0.4, 0.5) is 0 Å². The van der Waals surface area contributed by atoms with Crippen LogP contribution in [-0.4, -0.2) is 22.8 Å². The summed E-state index contributed by atoms with van der Waals surface area (Å²) >= 11 is 1.64. The Morgan fingerprint density at radius 3 is 2.21 bits per heavy atom. The van der Waals surface area contributed by atoms with Gasteiger partial charge in [0.05, 0.1) is 11.4 Å². The highest BCUT2D eigenvalue weighted by Gasteiger charge is 2.23. The molecule has 0 spiro atoms. The van der Waals surface area contributed by atoms with E-state index in [0.717, 1.165) is 11.3 Å². The Bertz CT molecular complexity index is 616. The van der Waals surface area contributed by atoms with Crippen LogP contribution in [0.1, 0.15) is 31.1 Å². The molecule has 2 N–H and O–H groups in total. The lowest BCUT2D eigenvalue weighted by atomic mass is 10.1. The van der Waals surface area contributed by atoms with Crippen LogP contribution in [-0.2, 0) is 10.5 Å². The summed E-state index contributed by atoms with van der Waals surface area (Å²) in [7, 11) is 0. The summed E-state index contributed by atoms with van der Waals surface area (Å²) in [6.45, 7) is 4.34. The fourth-order valence-electron chi connectivity index (χ4n) is 2.42. The molecule has 0 saturated carbocycles. The molecule has 4 heteroatoms. The Morgan fingerprint density at radius 2 is 1.62 bits per heavy atom. The monoisotopic (exact) mass is 343 g/mol. The molecule has 2 rings (SSSR count). The standard InChI is InChI=1S/C20H25NO2S/c1-15(2)19(24-14-16-9-5-3-6-10-16)20(23)21-13-18(22)17-11-7-4-8-12-17/h3-12,15,18-19,22H,13-14H2,1-2H3,(H,21,23). The van der Waals surface area contributed by atoms with E-state index in [2.05, 4.69) is 31.3 Å². The number of hydrogen-bond acceptors (Lipinski definition) is 3. The fraction of sp³-hybridized carbons (Fsp3) is 0.350. The average Bonchev–Trinajstić information content (AvgIpc) is 2.61. The van der Waals surface area contributed by atoms with Gasteiger partial charge in [-0.3, -0.25) is 4.79 Å². The molecule has 2 unspecified atom stereocenters. The third kappa shape index (κ3) is 5.69. The SMILES string of the molecule is CC(C)C(SCc1ccccc1)C(=O)NCC(O)c1ccccc1. The lowest BCUT2D eigenvalue weighted by molar-refractivity contribution is -0.121. The Labute approximate surface area is 148 Å². The van der Waals surface area contributed by atoms with Gasteiger partial charge >= 0.3 is 0 Å². The predicted octanol–water partition coefficient (Wildman–Crippen LogP) is 3.79. The highest BCUT2D eigenvalue weighted by molar-refractivity contribution is 7.99. The van der Waals surface area contributed by atoms with E-state index in [1.807, 2.05) is 48.5 Å². The molecule has 0 aliphatic rings. The van der Waals surface area contributed by atoms with Gasteiger partial charge in [-0.15, -0.1) is 11.8 Å². The molecule has 0 aliphatic carbocycles. The lowest BCUT2D eigenvalue weighted by Crippen LogP contribution is -2.38. The number of nitrogens with one attached hydrogen (secondary N) is 1. The van der Waals surface area contributed by atoms with Crippen LogP contribution in [0.25, 0.3) is 0 Å². The van der Waals surface area contributed by atoms with Gasteiger partial charge in [0, 0.05) is 12.3 Å². The molecule has 24 heavy (non-hydrogen) atoms. The molecule has 0 fully saturated rings. The summed E-state index contributed by atoms with van der Waals surface area (Å²) in [6, 6.07) is 19.5. The Hall–Kier alpha value is -1.78. The number of hydrogen-bond donors (Lipinski definition) is 2. The Balaban J connectivity index is 1.87. The summed E-state index contributed by atoms with van der Waals surface area (Å²) in [5, 5.41) is 12.9. The smallest absolute Gasteiger partial charge is 0.233 e. The van der Waals surface area contributed by atoms with Crippen molar-refractivity contribution in [2.75, 3.05) is 6.54 Å². The van der Waals surface area contributed by atoms with E-state index < -0.39 is 6.10 Å². The van der Waals surface area contributed by atoms with Gasteiger partial charge in [-0.1, -0.05) is 74.5 Å². The summed E-state index contributed by atoms with van der Waals surface area (Å²) in [4.78, 5) is 12.5. The van der Waals surface area contributed by atoms with E-state index in [1.165, 1.54) is 5.56 Å². The summed E-state index contributed by atoms with van der Waals surface area (Å²) in [5.41, 5.74) is 2.03. The highest BCUT2D eigenvalue weighted by atomic mass is 32.2. The molecule has 2 aromatic rings. The normalized spacial score (nSPS) is 13.5. The van der Waals surface area contributed by atoms with Gasteiger partial charge in [-0.05, 0) is 17.0 Å². The molecule has 0 aromatic heterocycles. The third-order valence-electron chi connectivity index (χ3n) is 3.79. The van der Waals surface area contributed by atoms with E-state index in [4.69, 9.17) is 0 Å². The van der Waals surface area contributed by atoms with Crippen molar-refractivity contribution >= 4 is 17.7 Å². The molecular formula is C20H25NO2S. The fourth-order valence-corrected chi connectivity index (χ4v) is 3.61. The van der Waals surface area contributed by atoms with Gasteiger partial charge in [-0.25, -0.2) is 0 Å². The first kappa shape index (κ1) is 18.6. The molecule has 2 atom stereocenters. The predicted molar refractivity (Wildman–Crippen MR) is 101 cm³/mol. The van der Waals surface area contributed by atoms with Crippen LogP contribution in [0.3, 0.4) is 0 Å². The molecule has 0 radical (unpaired) electrons. The molecule has 128 valence electrons. The van der Waals surface area contributed by atoms with Crippen LogP contribution in [0.5, 0.6) is 0 Å². The zero-order valence-electron chi connectivity index (χ0n) is 14.2. The second-order valence-electron chi connectivity index (χ2n) is 6.13. The molecule has 0 aliphatic heterocycles. The summed E-state index contributed by atoms with van der Waals surface area (Å²) in [5.74, 6) is 1.02. The average molecular weight is 343 g/mol. The third-order valence-corrected chi connectivity index (χ3v) is 5.41. The molecule has 2 aromatic carbocycles. The van der Waals surface area contributed by atoms with Crippen LogP contribution in [0.15, 0.2) is 60.7 Å². The second-order valence-corrected chi connectivity index (χ2v) is 7.26. The molecule has 3 nitrogen and oxygen atoms in total. The van der Waals surface area contributed by atoms with Gasteiger partial charge < -0.3 is 10.4 Å². The van der Waals surface area contributed by atoms with Gasteiger partial charge in [0.1, 0.15) is 0 Å². The van der Waals surface area contributed by atoms with Crippen molar-refractivity contribution in [3.8, 4) is 0 Å². The molecule has 0 heterocycles. The van der Waals surface area contributed by atoms with Crippen LogP contribution in [0, 0.1) is 5.92 Å². The maximum atomic E-state index is 12.5. The minimum absolute atomic E-state index is 0.0130. The van der Waals surface area contributed by atoms with E-state index >= 15 is 0 Å². The van der Waals surface area contributed by atoms with Crippen molar-refractivity contribution in [1.82, 2.24) is 5.32 Å². The van der Waals surface area contributed by atoms with E-state index in [-0.39, 0.29) is 23.6 Å². The number of carbonyl (C=O) groups excluding carboxylic acids is 1. The maximum Gasteiger partial charge on any atom is 0.233 e. The van der Waals surface area contributed by atoms with E-state index in [9.17, 15) is 9.90 Å². The van der Waals surface area contributed by atoms with Crippen LogP contribution in [0.2, 0.25) is 0 Å². The number of amides is 1. The van der Waals surface area contributed by atoms with Crippen LogP contribution >= 0.6 is 11.8 Å².